The van der Waals surface area contributed by atoms with E-state index in [0.717, 1.165) is 10.6 Å². The molecule has 0 saturated heterocycles. The van der Waals surface area contributed by atoms with Crippen molar-refractivity contribution in [3.63, 3.8) is 0 Å². The van der Waals surface area contributed by atoms with Crippen molar-refractivity contribution in [1.29, 1.82) is 0 Å². The number of carbonyl (C=O) groups is 1. The molecule has 100 valence electrons. The second kappa shape index (κ2) is 5.30. The Morgan fingerprint density at radius 2 is 2.11 bits per heavy atom. The van der Waals surface area contributed by atoms with E-state index in [2.05, 4.69) is 9.97 Å². The van der Waals surface area contributed by atoms with Gasteiger partial charge < -0.3 is 4.74 Å². The first-order valence-electron chi connectivity index (χ1n) is 5.22. The first kappa shape index (κ1) is 14.4. The molecule has 7 nitrogen and oxygen atoms in total. The molecular weight excluding hydrogens is 258 g/mol. The van der Waals surface area contributed by atoms with E-state index >= 15 is 0 Å². The summed E-state index contributed by atoms with van der Waals surface area (Å²) in [5.41, 5.74) is 0.0235. The highest BCUT2D eigenvalue weighted by Crippen LogP contribution is 2.19. The second-order valence-electron chi connectivity index (χ2n) is 3.61. The van der Waals surface area contributed by atoms with Crippen molar-refractivity contribution in [1.82, 2.24) is 9.97 Å². The van der Waals surface area contributed by atoms with Crippen LogP contribution in [0.5, 0.6) is 0 Å². The molecule has 0 N–H and O–H groups in total. The third-order valence-corrected chi connectivity index (χ3v) is 3.35. The molecule has 0 aromatic carbocycles. The number of ether oxygens (including phenoxy) is 1. The Kier molecular flexibility index (Phi) is 4.23. The minimum absolute atomic E-state index is 0.0171. The average Bonchev–Trinajstić information content (AvgIpc) is 2.26. The fourth-order valence-corrected chi connectivity index (χ4v) is 1.66. The Balaban J connectivity index is 3.32. The molecule has 0 fully saturated rings. The van der Waals surface area contributed by atoms with Crippen LogP contribution in [0.25, 0.3) is 0 Å². The van der Waals surface area contributed by atoms with Crippen LogP contribution in [0.15, 0.2) is 6.20 Å². The summed E-state index contributed by atoms with van der Waals surface area (Å²) in [5.74, 6) is -0.264. The summed E-state index contributed by atoms with van der Waals surface area (Å²) in [7, 11) is -2.19. The Morgan fingerprint density at radius 1 is 1.50 bits per heavy atom. The van der Waals surface area contributed by atoms with Crippen molar-refractivity contribution in [3.05, 3.63) is 17.6 Å². The van der Waals surface area contributed by atoms with Gasteiger partial charge in [0, 0.05) is 13.2 Å². The molecule has 0 unspecified atom stereocenters. The summed E-state index contributed by atoms with van der Waals surface area (Å²) in [6.07, 6.45) is 2.29. The molecule has 0 aliphatic rings. The van der Waals surface area contributed by atoms with Gasteiger partial charge in [0.15, 0.2) is 5.82 Å². The van der Waals surface area contributed by atoms with Crippen LogP contribution < -0.4 is 4.31 Å². The average molecular weight is 273 g/mol. The Hall–Kier alpha value is -1.70. The lowest BCUT2D eigenvalue weighted by Gasteiger charge is -2.18. The topological polar surface area (TPSA) is 89.5 Å². The van der Waals surface area contributed by atoms with Crippen LogP contribution in [0.3, 0.4) is 0 Å². The smallest absolute Gasteiger partial charge is 0.343 e. The van der Waals surface area contributed by atoms with E-state index in [1.807, 2.05) is 0 Å². The number of anilines is 1. The third-order valence-electron chi connectivity index (χ3n) is 2.18. The lowest BCUT2D eigenvalue weighted by Crippen LogP contribution is -2.28. The first-order valence-corrected chi connectivity index (χ1v) is 7.07. The van der Waals surface area contributed by atoms with Gasteiger partial charge in [-0.2, -0.15) is 0 Å². The van der Waals surface area contributed by atoms with Crippen molar-refractivity contribution < 1.29 is 17.9 Å². The molecule has 1 rings (SSSR count). The molecule has 0 radical (unpaired) electrons. The summed E-state index contributed by atoms with van der Waals surface area (Å²) in [4.78, 5) is 19.5. The minimum Gasteiger partial charge on any atom is -0.462 e. The molecule has 0 saturated carbocycles. The van der Waals surface area contributed by atoms with E-state index in [-0.39, 0.29) is 18.0 Å². The van der Waals surface area contributed by atoms with Crippen LogP contribution in [-0.2, 0) is 14.8 Å². The number of rotatable bonds is 4. The number of carbonyl (C=O) groups excluding carboxylic acids is 1. The molecule has 0 aliphatic carbocycles. The zero-order chi connectivity index (χ0) is 13.9. The standard InChI is InChI=1S/C10H15N3O4S/c1-5-17-10(14)8-6-11-7(2)12-9(8)13(3)18(4,15)16/h6H,5H2,1-4H3. The fourth-order valence-electron chi connectivity index (χ4n) is 1.21. The Morgan fingerprint density at radius 3 is 2.61 bits per heavy atom. The molecule has 1 aromatic heterocycles. The first-order chi connectivity index (χ1) is 8.27. The van der Waals surface area contributed by atoms with Crippen LogP contribution in [0, 0.1) is 6.92 Å². The number of aryl methyl sites for hydroxylation is 1. The van der Waals surface area contributed by atoms with Gasteiger partial charge in [-0.05, 0) is 13.8 Å². The van der Waals surface area contributed by atoms with Gasteiger partial charge >= 0.3 is 5.97 Å². The summed E-state index contributed by atoms with van der Waals surface area (Å²) in [6.45, 7) is 3.45. The van der Waals surface area contributed by atoms with Gasteiger partial charge in [-0.1, -0.05) is 0 Å². The Labute approximate surface area is 106 Å². The van der Waals surface area contributed by atoms with Crippen LogP contribution >= 0.6 is 0 Å². The third kappa shape index (κ3) is 3.16. The van der Waals surface area contributed by atoms with Gasteiger partial charge in [-0.3, -0.25) is 4.31 Å². The van der Waals surface area contributed by atoms with Gasteiger partial charge in [0.2, 0.25) is 10.0 Å². The number of esters is 1. The number of aromatic nitrogens is 2. The predicted molar refractivity (Wildman–Crippen MR) is 66.0 cm³/mol. The van der Waals surface area contributed by atoms with E-state index in [1.165, 1.54) is 13.2 Å². The quantitative estimate of drug-likeness (QED) is 0.736. The van der Waals surface area contributed by atoms with Crippen molar-refractivity contribution in [2.24, 2.45) is 0 Å². The summed E-state index contributed by atoms with van der Waals surface area (Å²) >= 11 is 0. The Bertz CT molecular complexity index is 556. The number of sulfonamides is 1. The van der Waals surface area contributed by atoms with Gasteiger partial charge in [0.25, 0.3) is 0 Å². The maximum absolute atomic E-state index is 11.7. The molecule has 0 bridgehead atoms. The highest BCUT2D eigenvalue weighted by atomic mass is 32.2. The molecule has 0 atom stereocenters. The number of nitrogens with zero attached hydrogens (tertiary/aromatic N) is 3. The molecule has 0 amide bonds. The molecule has 8 heteroatoms. The van der Waals surface area contributed by atoms with Crippen molar-refractivity contribution in [3.8, 4) is 0 Å². The van der Waals surface area contributed by atoms with Gasteiger partial charge in [-0.25, -0.2) is 23.2 Å². The maximum atomic E-state index is 11.7. The van der Waals surface area contributed by atoms with Gasteiger partial charge in [-0.15, -0.1) is 0 Å². The van der Waals surface area contributed by atoms with Crippen LogP contribution in [0.4, 0.5) is 5.82 Å². The van der Waals surface area contributed by atoms with Crippen LogP contribution in [0.1, 0.15) is 23.1 Å². The molecule has 1 heterocycles. The van der Waals surface area contributed by atoms with Crippen molar-refractivity contribution in [2.75, 3.05) is 24.2 Å². The molecular formula is C10H15N3O4S. The summed E-state index contributed by atoms with van der Waals surface area (Å²) < 4.78 is 28.7. The number of hydrogen-bond donors (Lipinski definition) is 0. The molecule has 1 aromatic rings. The monoisotopic (exact) mass is 273 g/mol. The van der Waals surface area contributed by atoms with Crippen molar-refractivity contribution >= 4 is 21.8 Å². The summed E-state index contributed by atoms with van der Waals surface area (Å²) in [5, 5.41) is 0. The van der Waals surface area contributed by atoms with E-state index in [9.17, 15) is 13.2 Å². The van der Waals surface area contributed by atoms with Crippen LogP contribution in [0.2, 0.25) is 0 Å². The normalized spacial score (nSPS) is 11.1. The highest BCUT2D eigenvalue weighted by Gasteiger charge is 2.22. The van der Waals surface area contributed by atoms with Gasteiger partial charge in [0.05, 0.1) is 12.9 Å². The lowest BCUT2D eigenvalue weighted by atomic mass is 10.3. The largest absolute Gasteiger partial charge is 0.462 e. The van der Waals surface area contributed by atoms with E-state index in [4.69, 9.17) is 4.74 Å². The highest BCUT2D eigenvalue weighted by molar-refractivity contribution is 7.92. The van der Waals surface area contributed by atoms with E-state index < -0.39 is 16.0 Å². The van der Waals surface area contributed by atoms with Crippen molar-refractivity contribution in [2.45, 2.75) is 13.8 Å². The van der Waals surface area contributed by atoms with E-state index in [1.54, 1.807) is 13.8 Å². The minimum atomic E-state index is -3.51. The second-order valence-corrected chi connectivity index (χ2v) is 5.62. The van der Waals surface area contributed by atoms with Crippen LogP contribution in [-0.4, -0.2) is 44.3 Å². The zero-order valence-corrected chi connectivity index (χ0v) is 11.5. The summed E-state index contributed by atoms with van der Waals surface area (Å²) in [6, 6.07) is 0. The fraction of sp³-hybridized carbons (Fsp3) is 0.500. The molecule has 0 spiro atoms. The zero-order valence-electron chi connectivity index (χ0n) is 10.7. The lowest BCUT2D eigenvalue weighted by molar-refractivity contribution is 0.0526. The molecule has 0 aliphatic heterocycles. The number of hydrogen-bond acceptors (Lipinski definition) is 6. The predicted octanol–water partition coefficient (Wildman–Crippen LogP) is 0.358. The van der Waals surface area contributed by atoms with Gasteiger partial charge in [0.1, 0.15) is 11.4 Å². The molecule has 18 heavy (non-hydrogen) atoms. The maximum Gasteiger partial charge on any atom is 0.343 e. The van der Waals surface area contributed by atoms with E-state index in [0.29, 0.717) is 5.82 Å². The SMILES string of the molecule is CCOC(=O)c1cnc(C)nc1N(C)S(C)(=O)=O.